The third kappa shape index (κ3) is 3.72. The number of carbonyl (C=O) groups is 1. The van der Waals surface area contributed by atoms with Gasteiger partial charge in [-0.2, -0.15) is 0 Å². The summed E-state index contributed by atoms with van der Waals surface area (Å²) in [6.07, 6.45) is 4.47. The Labute approximate surface area is 152 Å². The Bertz CT molecular complexity index is 737. The highest BCUT2D eigenvalue weighted by molar-refractivity contribution is 7.14. The maximum Gasteiger partial charge on any atom is 0.261 e. The van der Waals surface area contributed by atoms with Crippen molar-refractivity contribution >= 4 is 22.9 Å². The van der Waals surface area contributed by atoms with Crippen LogP contribution < -0.4 is 10.2 Å². The van der Waals surface area contributed by atoms with Crippen LogP contribution >= 0.6 is 11.3 Å². The van der Waals surface area contributed by atoms with Gasteiger partial charge in [-0.15, -0.1) is 11.3 Å². The number of carbonyl (C=O) groups excluding carboxylic acids is 1. The average molecular weight is 356 g/mol. The number of amides is 1. The van der Waals surface area contributed by atoms with E-state index < -0.39 is 0 Å². The van der Waals surface area contributed by atoms with E-state index in [0.717, 1.165) is 50.3 Å². The van der Waals surface area contributed by atoms with Crippen LogP contribution in [-0.4, -0.2) is 32.1 Å². The number of nitrogens with one attached hydrogen (secondary N) is 1. The lowest BCUT2D eigenvalue weighted by Crippen LogP contribution is -2.28. The molecule has 4 nitrogen and oxygen atoms in total. The first kappa shape index (κ1) is 16.6. The van der Waals surface area contributed by atoms with Crippen LogP contribution in [0.25, 0.3) is 0 Å². The van der Waals surface area contributed by atoms with Gasteiger partial charge >= 0.3 is 0 Å². The van der Waals surface area contributed by atoms with Gasteiger partial charge in [0.2, 0.25) is 0 Å². The number of hydrogen-bond acceptors (Lipinski definition) is 4. The topological polar surface area (TPSA) is 41.6 Å². The summed E-state index contributed by atoms with van der Waals surface area (Å²) in [5.41, 5.74) is 2.79. The fraction of sp³-hybridized carbons (Fsp3) is 0.450. The molecule has 0 bridgehead atoms. The molecule has 1 aromatic carbocycles. The fourth-order valence-corrected chi connectivity index (χ4v) is 4.66. The van der Waals surface area contributed by atoms with E-state index in [1.165, 1.54) is 16.1 Å². The molecule has 1 amide bonds. The molecular weight excluding hydrogens is 332 g/mol. The predicted octanol–water partition coefficient (Wildman–Crippen LogP) is 3.78. The summed E-state index contributed by atoms with van der Waals surface area (Å²) in [7, 11) is 0. The zero-order valence-electron chi connectivity index (χ0n) is 14.4. The number of nitrogens with zero attached hydrogens (tertiary/aromatic N) is 1. The van der Waals surface area contributed by atoms with Crippen molar-refractivity contribution in [3.05, 3.63) is 51.7 Å². The molecule has 2 aliphatic rings. The molecule has 4 rings (SSSR count). The lowest BCUT2D eigenvalue weighted by Gasteiger charge is -2.19. The van der Waals surface area contributed by atoms with Crippen molar-refractivity contribution in [2.75, 3.05) is 31.1 Å². The lowest BCUT2D eigenvalue weighted by atomic mass is 10.2. The Morgan fingerprint density at radius 1 is 1.28 bits per heavy atom. The molecule has 0 spiro atoms. The maximum atomic E-state index is 12.3. The highest BCUT2D eigenvalue weighted by Crippen LogP contribution is 2.33. The highest BCUT2D eigenvalue weighted by atomic mass is 32.1. The van der Waals surface area contributed by atoms with Crippen molar-refractivity contribution in [1.82, 2.24) is 5.32 Å². The molecule has 1 atom stereocenters. The highest BCUT2D eigenvalue weighted by Gasteiger charge is 2.21. The van der Waals surface area contributed by atoms with Crippen molar-refractivity contribution in [2.45, 2.75) is 31.8 Å². The van der Waals surface area contributed by atoms with Crippen LogP contribution in [-0.2, 0) is 11.2 Å². The van der Waals surface area contributed by atoms with Gasteiger partial charge in [0, 0.05) is 36.8 Å². The molecule has 0 radical (unpaired) electrons. The van der Waals surface area contributed by atoms with Crippen molar-refractivity contribution < 1.29 is 9.53 Å². The standard InChI is InChI=1S/C20H24N2O2S/c23-20(19-9-8-18(25-19)17-7-3-14-24-17)21-11-4-12-22-13-10-15-5-1-2-6-16(15)22/h1-2,5-6,8-9,17H,3-4,7,10-14H2,(H,21,23)/t17-/m1/s1. The van der Waals surface area contributed by atoms with Gasteiger partial charge in [0.15, 0.2) is 0 Å². The molecule has 2 aliphatic heterocycles. The van der Waals surface area contributed by atoms with Crippen LogP contribution in [0.15, 0.2) is 36.4 Å². The third-order valence-corrected chi connectivity index (χ3v) is 6.15. The molecule has 132 valence electrons. The Morgan fingerprint density at radius 3 is 3.08 bits per heavy atom. The number of rotatable bonds is 6. The van der Waals surface area contributed by atoms with E-state index >= 15 is 0 Å². The maximum absolute atomic E-state index is 12.3. The van der Waals surface area contributed by atoms with E-state index in [-0.39, 0.29) is 12.0 Å². The number of ether oxygens (including phenoxy) is 1. The molecule has 2 aromatic rings. The van der Waals surface area contributed by atoms with Crippen molar-refractivity contribution in [1.29, 1.82) is 0 Å². The van der Waals surface area contributed by atoms with Crippen molar-refractivity contribution in [2.24, 2.45) is 0 Å². The van der Waals surface area contributed by atoms with Gasteiger partial charge in [0.1, 0.15) is 0 Å². The monoisotopic (exact) mass is 356 g/mol. The Kier molecular flexibility index (Phi) is 5.04. The first-order chi connectivity index (χ1) is 12.3. The fourth-order valence-electron chi connectivity index (χ4n) is 3.65. The summed E-state index contributed by atoms with van der Waals surface area (Å²) in [4.78, 5) is 16.7. The third-order valence-electron chi connectivity index (χ3n) is 4.97. The minimum Gasteiger partial charge on any atom is -0.373 e. The van der Waals surface area contributed by atoms with E-state index in [0.29, 0.717) is 6.54 Å². The average Bonchev–Trinajstić information content (AvgIpc) is 3.38. The van der Waals surface area contributed by atoms with E-state index in [9.17, 15) is 4.79 Å². The second-order valence-corrected chi connectivity index (χ2v) is 7.79. The zero-order valence-corrected chi connectivity index (χ0v) is 15.2. The molecule has 3 heterocycles. The van der Waals surface area contributed by atoms with Gasteiger partial charge < -0.3 is 15.0 Å². The van der Waals surface area contributed by atoms with Crippen LogP contribution in [0, 0.1) is 0 Å². The molecule has 1 fully saturated rings. The number of hydrogen-bond donors (Lipinski definition) is 1. The molecule has 0 aliphatic carbocycles. The summed E-state index contributed by atoms with van der Waals surface area (Å²) in [6.45, 7) is 3.63. The normalized spacial score (nSPS) is 19.2. The molecular formula is C20H24N2O2S. The van der Waals surface area contributed by atoms with E-state index in [4.69, 9.17) is 4.74 Å². The van der Waals surface area contributed by atoms with Gasteiger partial charge in [-0.1, -0.05) is 18.2 Å². The number of para-hydroxylation sites is 1. The van der Waals surface area contributed by atoms with Gasteiger partial charge in [0.05, 0.1) is 11.0 Å². The Balaban J connectivity index is 1.23. The predicted molar refractivity (Wildman–Crippen MR) is 102 cm³/mol. The van der Waals surface area contributed by atoms with Crippen LogP contribution in [0.4, 0.5) is 5.69 Å². The first-order valence-corrected chi connectivity index (χ1v) is 9.95. The van der Waals surface area contributed by atoms with E-state index in [2.05, 4.69) is 34.5 Å². The molecule has 1 N–H and O–H groups in total. The number of anilines is 1. The molecule has 1 aromatic heterocycles. The van der Waals surface area contributed by atoms with Gasteiger partial charge in [-0.25, -0.2) is 0 Å². The minimum atomic E-state index is 0.0380. The molecule has 0 saturated carbocycles. The molecule has 1 saturated heterocycles. The second kappa shape index (κ2) is 7.58. The van der Waals surface area contributed by atoms with E-state index in [1.807, 2.05) is 12.1 Å². The van der Waals surface area contributed by atoms with Crippen LogP contribution in [0.1, 0.15) is 45.5 Å². The van der Waals surface area contributed by atoms with E-state index in [1.54, 1.807) is 11.3 Å². The number of fused-ring (bicyclic) bond motifs is 1. The summed E-state index contributed by atoms with van der Waals surface area (Å²) in [5.74, 6) is 0.0380. The van der Waals surface area contributed by atoms with Gasteiger partial charge in [-0.05, 0) is 49.4 Å². The Morgan fingerprint density at radius 2 is 2.20 bits per heavy atom. The molecule has 5 heteroatoms. The summed E-state index contributed by atoms with van der Waals surface area (Å²) >= 11 is 1.56. The largest absolute Gasteiger partial charge is 0.373 e. The SMILES string of the molecule is O=C(NCCCN1CCc2ccccc21)c1ccc([C@H]2CCCO2)s1. The van der Waals surface area contributed by atoms with Crippen LogP contribution in [0.3, 0.4) is 0 Å². The summed E-state index contributed by atoms with van der Waals surface area (Å²) in [6, 6.07) is 12.6. The number of benzene rings is 1. The van der Waals surface area contributed by atoms with Crippen molar-refractivity contribution in [3.8, 4) is 0 Å². The first-order valence-electron chi connectivity index (χ1n) is 9.13. The van der Waals surface area contributed by atoms with Gasteiger partial charge in [0.25, 0.3) is 5.91 Å². The van der Waals surface area contributed by atoms with Crippen molar-refractivity contribution in [3.63, 3.8) is 0 Å². The van der Waals surface area contributed by atoms with Gasteiger partial charge in [-0.3, -0.25) is 4.79 Å². The zero-order chi connectivity index (χ0) is 17.1. The summed E-state index contributed by atoms with van der Waals surface area (Å²) < 4.78 is 5.69. The minimum absolute atomic E-state index is 0.0380. The van der Waals surface area contributed by atoms with Crippen LogP contribution in [0.5, 0.6) is 0 Å². The summed E-state index contributed by atoms with van der Waals surface area (Å²) in [5, 5.41) is 3.05. The smallest absolute Gasteiger partial charge is 0.261 e. The molecule has 0 unspecified atom stereocenters. The molecule has 25 heavy (non-hydrogen) atoms. The Hall–Kier alpha value is -1.85. The second-order valence-electron chi connectivity index (χ2n) is 6.68. The quantitative estimate of drug-likeness (QED) is 0.801. The lowest BCUT2D eigenvalue weighted by molar-refractivity contribution is 0.0957. The number of thiophene rings is 1. The van der Waals surface area contributed by atoms with Crippen LogP contribution in [0.2, 0.25) is 0 Å².